The van der Waals surface area contributed by atoms with Gasteiger partial charge in [0.05, 0.1) is 12.1 Å². The van der Waals surface area contributed by atoms with Crippen LogP contribution in [-0.2, 0) is 4.79 Å². The Labute approximate surface area is 201 Å². The lowest BCUT2D eigenvalue weighted by atomic mass is 10.1. The van der Waals surface area contributed by atoms with Gasteiger partial charge in [0, 0.05) is 11.3 Å². The van der Waals surface area contributed by atoms with Gasteiger partial charge in [-0.15, -0.1) is 10.2 Å². The Morgan fingerprint density at radius 3 is 2.52 bits per heavy atom. The Morgan fingerprint density at radius 1 is 1.03 bits per heavy atom. The summed E-state index contributed by atoms with van der Waals surface area (Å²) in [6, 6.07) is 20.5. The van der Waals surface area contributed by atoms with Crippen molar-refractivity contribution in [3.05, 3.63) is 88.4 Å². The van der Waals surface area contributed by atoms with Gasteiger partial charge in [-0.05, 0) is 72.6 Å². The van der Waals surface area contributed by atoms with Gasteiger partial charge in [0.15, 0.2) is 0 Å². The molecule has 0 radical (unpaired) electrons. The number of methoxy groups -OCH3 is 1. The molecule has 6 nitrogen and oxygen atoms in total. The fraction of sp³-hybridized carbons (Fsp3) is 0.160. The summed E-state index contributed by atoms with van der Waals surface area (Å²) in [7, 11) is 1.54. The van der Waals surface area contributed by atoms with Crippen LogP contribution in [0, 0.1) is 13.8 Å². The van der Waals surface area contributed by atoms with Crippen molar-refractivity contribution in [2.75, 3.05) is 12.4 Å². The maximum absolute atomic E-state index is 13.2. The zero-order valence-corrected chi connectivity index (χ0v) is 19.9. The summed E-state index contributed by atoms with van der Waals surface area (Å²) < 4.78 is 11.1. The third-order valence-electron chi connectivity index (χ3n) is 5.14. The number of ether oxygens (including phenoxy) is 1. The van der Waals surface area contributed by atoms with Crippen molar-refractivity contribution in [1.29, 1.82) is 0 Å². The molecule has 0 fully saturated rings. The van der Waals surface area contributed by atoms with Crippen molar-refractivity contribution >= 4 is 35.0 Å². The molecule has 8 heteroatoms. The van der Waals surface area contributed by atoms with Crippen LogP contribution in [0.1, 0.15) is 21.9 Å². The van der Waals surface area contributed by atoms with E-state index in [4.69, 9.17) is 20.8 Å². The molecular formula is C25H22ClN3O3S. The Morgan fingerprint density at radius 2 is 1.82 bits per heavy atom. The highest BCUT2D eigenvalue weighted by Gasteiger charge is 2.25. The van der Waals surface area contributed by atoms with Crippen LogP contribution in [0.25, 0.3) is 11.5 Å². The normalized spacial score (nSPS) is 11.8. The van der Waals surface area contributed by atoms with E-state index in [0.717, 1.165) is 16.7 Å². The van der Waals surface area contributed by atoms with Crippen molar-refractivity contribution in [2.45, 2.75) is 24.3 Å². The van der Waals surface area contributed by atoms with Gasteiger partial charge in [-0.3, -0.25) is 4.79 Å². The SMILES string of the molecule is COc1ccc(NC(=O)C(Sc2nnc(-c3ccc(C)c(C)c3)o2)c2ccccc2)cc1Cl. The lowest BCUT2D eigenvalue weighted by Crippen LogP contribution is -2.19. The molecule has 4 aromatic rings. The number of anilines is 1. The highest BCUT2D eigenvalue weighted by molar-refractivity contribution is 8.00. The fourth-order valence-corrected chi connectivity index (χ4v) is 4.34. The lowest BCUT2D eigenvalue weighted by Gasteiger charge is -2.15. The van der Waals surface area contributed by atoms with E-state index in [1.165, 1.54) is 24.4 Å². The molecule has 1 unspecified atom stereocenters. The van der Waals surface area contributed by atoms with E-state index in [1.807, 2.05) is 62.4 Å². The third kappa shape index (κ3) is 5.38. The number of halogens is 1. The van der Waals surface area contributed by atoms with Crippen LogP contribution in [0.2, 0.25) is 5.02 Å². The number of nitrogens with zero attached hydrogens (tertiary/aromatic N) is 2. The van der Waals surface area contributed by atoms with Crippen LogP contribution in [0.4, 0.5) is 5.69 Å². The number of rotatable bonds is 7. The summed E-state index contributed by atoms with van der Waals surface area (Å²) in [5.41, 5.74) is 4.54. The van der Waals surface area contributed by atoms with Gasteiger partial charge in [0.25, 0.3) is 5.22 Å². The first-order valence-corrected chi connectivity index (χ1v) is 11.5. The number of amides is 1. The largest absolute Gasteiger partial charge is 0.495 e. The van der Waals surface area contributed by atoms with Gasteiger partial charge in [-0.1, -0.05) is 48.0 Å². The first-order valence-electron chi connectivity index (χ1n) is 10.2. The second-order valence-electron chi connectivity index (χ2n) is 7.42. The average Bonchev–Trinajstić information content (AvgIpc) is 3.29. The summed E-state index contributed by atoms with van der Waals surface area (Å²) in [4.78, 5) is 13.2. The van der Waals surface area contributed by atoms with Crippen LogP contribution in [0.15, 0.2) is 76.4 Å². The van der Waals surface area contributed by atoms with Crippen LogP contribution in [0.5, 0.6) is 5.75 Å². The van der Waals surface area contributed by atoms with Gasteiger partial charge in [0.2, 0.25) is 11.8 Å². The van der Waals surface area contributed by atoms with Crippen LogP contribution in [0.3, 0.4) is 0 Å². The summed E-state index contributed by atoms with van der Waals surface area (Å²) in [6.07, 6.45) is 0. The monoisotopic (exact) mass is 479 g/mol. The van der Waals surface area contributed by atoms with Crippen molar-refractivity contribution in [3.8, 4) is 17.2 Å². The molecule has 168 valence electrons. The molecule has 3 aromatic carbocycles. The molecule has 4 rings (SSSR count). The molecule has 0 aliphatic carbocycles. The molecule has 0 spiro atoms. The number of aromatic nitrogens is 2. The second kappa shape index (κ2) is 10.1. The van der Waals surface area contributed by atoms with Gasteiger partial charge in [-0.25, -0.2) is 0 Å². The van der Waals surface area contributed by atoms with E-state index in [-0.39, 0.29) is 5.91 Å². The summed E-state index contributed by atoms with van der Waals surface area (Å²) in [5, 5.41) is 11.4. The first-order chi connectivity index (χ1) is 15.9. The number of nitrogens with one attached hydrogen (secondary N) is 1. The number of thioether (sulfide) groups is 1. The minimum absolute atomic E-state index is 0.238. The summed E-state index contributed by atoms with van der Waals surface area (Å²) in [5.74, 6) is 0.710. The maximum atomic E-state index is 13.2. The Bertz CT molecular complexity index is 1280. The molecule has 1 heterocycles. The lowest BCUT2D eigenvalue weighted by molar-refractivity contribution is -0.115. The van der Waals surface area contributed by atoms with E-state index in [9.17, 15) is 4.79 Å². The van der Waals surface area contributed by atoms with Gasteiger partial charge < -0.3 is 14.5 Å². The summed E-state index contributed by atoms with van der Waals surface area (Å²) >= 11 is 7.40. The smallest absolute Gasteiger partial charge is 0.277 e. The van der Waals surface area contributed by atoms with E-state index in [1.54, 1.807) is 18.2 Å². The number of hydrogen-bond acceptors (Lipinski definition) is 6. The first kappa shape index (κ1) is 22.9. The van der Waals surface area contributed by atoms with Gasteiger partial charge in [0.1, 0.15) is 11.0 Å². The molecular weight excluding hydrogens is 458 g/mol. The average molecular weight is 480 g/mol. The van der Waals surface area contributed by atoms with Crippen molar-refractivity contribution in [3.63, 3.8) is 0 Å². The van der Waals surface area contributed by atoms with Gasteiger partial charge in [-0.2, -0.15) is 0 Å². The highest BCUT2D eigenvalue weighted by atomic mass is 35.5. The standard InChI is InChI=1S/C25H22ClN3O3S/c1-15-9-10-18(13-16(15)2)24-28-29-25(32-24)33-22(17-7-5-4-6-8-17)23(30)27-19-11-12-21(31-3)20(26)14-19/h4-14,22H,1-3H3,(H,27,30). The Kier molecular flexibility index (Phi) is 7.01. The maximum Gasteiger partial charge on any atom is 0.277 e. The molecule has 0 saturated heterocycles. The fourth-order valence-electron chi connectivity index (χ4n) is 3.20. The molecule has 1 aromatic heterocycles. The van der Waals surface area contributed by atoms with Crippen LogP contribution in [-0.4, -0.2) is 23.2 Å². The zero-order chi connectivity index (χ0) is 23.4. The van der Waals surface area contributed by atoms with E-state index in [2.05, 4.69) is 15.5 Å². The van der Waals surface area contributed by atoms with E-state index in [0.29, 0.717) is 27.6 Å². The van der Waals surface area contributed by atoms with E-state index >= 15 is 0 Å². The van der Waals surface area contributed by atoms with Crippen LogP contribution >= 0.6 is 23.4 Å². The van der Waals surface area contributed by atoms with Gasteiger partial charge >= 0.3 is 0 Å². The second-order valence-corrected chi connectivity index (χ2v) is 8.88. The van der Waals surface area contributed by atoms with Crippen molar-refractivity contribution in [1.82, 2.24) is 10.2 Å². The number of hydrogen-bond donors (Lipinski definition) is 1. The zero-order valence-electron chi connectivity index (χ0n) is 18.3. The molecule has 1 amide bonds. The summed E-state index contributed by atoms with van der Waals surface area (Å²) in [6.45, 7) is 4.08. The minimum atomic E-state index is -0.611. The number of carbonyl (C=O) groups excluding carboxylic acids is 1. The van der Waals surface area contributed by atoms with Crippen LogP contribution < -0.4 is 10.1 Å². The Balaban J connectivity index is 1.58. The number of benzene rings is 3. The molecule has 0 bridgehead atoms. The highest BCUT2D eigenvalue weighted by Crippen LogP contribution is 2.37. The Hall–Kier alpha value is -3.29. The molecule has 0 saturated carbocycles. The van der Waals surface area contributed by atoms with E-state index < -0.39 is 5.25 Å². The minimum Gasteiger partial charge on any atom is -0.495 e. The predicted octanol–water partition coefficient (Wildman–Crippen LogP) is 6.49. The molecule has 1 N–H and O–H groups in total. The molecule has 0 aliphatic heterocycles. The van der Waals surface area contributed by atoms with Crippen molar-refractivity contribution < 1.29 is 13.9 Å². The quantitative estimate of drug-likeness (QED) is 0.305. The third-order valence-corrected chi connectivity index (χ3v) is 6.52. The molecule has 1 atom stereocenters. The number of aryl methyl sites for hydroxylation is 2. The van der Waals surface area contributed by atoms with Crippen molar-refractivity contribution in [2.24, 2.45) is 0 Å². The number of carbonyl (C=O) groups is 1. The molecule has 0 aliphatic rings. The topological polar surface area (TPSA) is 77.2 Å². The molecule has 33 heavy (non-hydrogen) atoms. The predicted molar refractivity (Wildman–Crippen MR) is 131 cm³/mol.